The third-order valence-corrected chi connectivity index (χ3v) is 3.12. The van der Waals surface area contributed by atoms with Gasteiger partial charge >= 0.3 is 0 Å². The van der Waals surface area contributed by atoms with Crippen molar-refractivity contribution >= 4 is 0 Å². The highest BCUT2D eigenvalue weighted by molar-refractivity contribution is 4.90. The molecule has 0 amide bonds. The summed E-state index contributed by atoms with van der Waals surface area (Å²) in [6.45, 7) is 11.6. The lowest BCUT2D eigenvalue weighted by molar-refractivity contribution is 0.202. The number of hydrogen-bond donors (Lipinski definition) is 1. The maximum atomic E-state index is 3.62. The lowest BCUT2D eigenvalue weighted by atomic mass is 10.1. The highest BCUT2D eigenvalue weighted by Gasteiger charge is 2.31. The monoisotopic (exact) mass is 184 g/mol. The SMILES string of the molecule is CCCNC1CCN(C(C)C)C1C. The topological polar surface area (TPSA) is 15.3 Å². The molecule has 0 aromatic carbocycles. The molecule has 1 rings (SSSR count). The first kappa shape index (κ1) is 11.0. The largest absolute Gasteiger partial charge is 0.312 e. The van der Waals surface area contributed by atoms with Gasteiger partial charge in [-0.3, -0.25) is 4.90 Å². The molecule has 78 valence electrons. The maximum absolute atomic E-state index is 3.62. The van der Waals surface area contributed by atoms with Gasteiger partial charge in [0.05, 0.1) is 0 Å². The van der Waals surface area contributed by atoms with E-state index in [4.69, 9.17) is 0 Å². The third-order valence-electron chi connectivity index (χ3n) is 3.12. The van der Waals surface area contributed by atoms with Crippen LogP contribution in [0.2, 0.25) is 0 Å². The first-order chi connectivity index (χ1) is 6.16. The summed E-state index contributed by atoms with van der Waals surface area (Å²) in [5.74, 6) is 0. The minimum Gasteiger partial charge on any atom is -0.312 e. The van der Waals surface area contributed by atoms with Crippen molar-refractivity contribution in [2.75, 3.05) is 13.1 Å². The average Bonchev–Trinajstić information content (AvgIpc) is 2.43. The van der Waals surface area contributed by atoms with Crippen LogP contribution in [-0.4, -0.2) is 36.1 Å². The second-order valence-electron chi connectivity index (χ2n) is 4.42. The Hall–Kier alpha value is -0.0800. The van der Waals surface area contributed by atoms with Crippen LogP contribution < -0.4 is 5.32 Å². The van der Waals surface area contributed by atoms with Crippen molar-refractivity contribution in [1.82, 2.24) is 10.2 Å². The highest BCUT2D eigenvalue weighted by Crippen LogP contribution is 2.19. The van der Waals surface area contributed by atoms with E-state index in [1.165, 1.54) is 25.9 Å². The molecule has 2 heteroatoms. The first-order valence-electron chi connectivity index (χ1n) is 5.66. The predicted molar refractivity (Wildman–Crippen MR) is 58.0 cm³/mol. The predicted octanol–water partition coefficient (Wildman–Crippen LogP) is 1.86. The molecule has 1 aliphatic rings. The molecule has 0 aromatic rings. The van der Waals surface area contributed by atoms with E-state index in [9.17, 15) is 0 Å². The highest BCUT2D eigenvalue weighted by atomic mass is 15.2. The minimum atomic E-state index is 0.698. The van der Waals surface area contributed by atoms with Crippen LogP contribution in [0.1, 0.15) is 40.5 Å². The van der Waals surface area contributed by atoms with E-state index in [1.807, 2.05) is 0 Å². The summed E-state index contributed by atoms with van der Waals surface area (Å²) in [5, 5.41) is 3.62. The van der Waals surface area contributed by atoms with Crippen molar-refractivity contribution in [2.24, 2.45) is 0 Å². The van der Waals surface area contributed by atoms with E-state index in [-0.39, 0.29) is 0 Å². The van der Waals surface area contributed by atoms with Gasteiger partial charge in [0.1, 0.15) is 0 Å². The molecule has 2 atom stereocenters. The fourth-order valence-electron chi connectivity index (χ4n) is 2.29. The van der Waals surface area contributed by atoms with Crippen LogP contribution in [0.25, 0.3) is 0 Å². The zero-order chi connectivity index (χ0) is 9.84. The minimum absolute atomic E-state index is 0.698. The smallest absolute Gasteiger partial charge is 0.0233 e. The molecule has 1 heterocycles. The summed E-state index contributed by atoms with van der Waals surface area (Å²) in [5.41, 5.74) is 0. The second-order valence-corrected chi connectivity index (χ2v) is 4.42. The van der Waals surface area contributed by atoms with E-state index >= 15 is 0 Å². The van der Waals surface area contributed by atoms with Crippen molar-refractivity contribution in [3.05, 3.63) is 0 Å². The van der Waals surface area contributed by atoms with Gasteiger partial charge in [-0.1, -0.05) is 6.92 Å². The van der Waals surface area contributed by atoms with Crippen LogP contribution in [0, 0.1) is 0 Å². The second kappa shape index (κ2) is 4.97. The van der Waals surface area contributed by atoms with Gasteiger partial charge in [-0.25, -0.2) is 0 Å². The number of nitrogens with zero attached hydrogens (tertiary/aromatic N) is 1. The number of likely N-dealkylation sites (tertiary alicyclic amines) is 1. The third kappa shape index (κ3) is 2.68. The summed E-state index contributed by atoms with van der Waals surface area (Å²) in [6.07, 6.45) is 2.56. The summed E-state index contributed by atoms with van der Waals surface area (Å²) in [7, 11) is 0. The van der Waals surface area contributed by atoms with E-state index in [1.54, 1.807) is 0 Å². The molecular weight excluding hydrogens is 160 g/mol. The van der Waals surface area contributed by atoms with Crippen LogP contribution >= 0.6 is 0 Å². The Morgan fingerprint density at radius 3 is 2.62 bits per heavy atom. The molecule has 1 N–H and O–H groups in total. The normalized spacial score (nSPS) is 30.2. The molecule has 0 radical (unpaired) electrons. The maximum Gasteiger partial charge on any atom is 0.0233 e. The molecule has 1 aliphatic heterocycles. The van der Waals surface area contributed by atoms with Crippen molar-refractivity contribution < 1.29 is 0 Å². The average molecular weight is 184 g/mol. The van der Waals surface area contributed by atoms with E-state index in [0.717, 1.165) is 6.04 Å². The number of rotatable bonds is 4. The fraction of sp³-hybridized carbons (Fsp3) is 1.00. The van der Waals surface area contributed by atoms with Gasteiger partial charge in [0.15, 0.2) is 0 Å². The number of nitrogens with one attached hydrogen (secondary N) is 1. The molecule has 1 fully saturated rings. The van der Waals surface area contributed by atoms with Gasteiger partial charge in [0, 0.05) is 24.7 Å². The van der Waals surface area contributed by atoms with Crippen LogP contribution in [0.3, 0.4) is 0 Å². The molecule has 1 saturated heterocycles. The standard InChI is InChI=1S/C11H24N2/c1-5-7-12-11-6-8-13(9(2)3)10(11)4/h9-12H,5-8H2,1-4H3. The fourth-order valence-corrected chi connectivity index (χ4v) is 2.29. The summed E-state index contributed by atoms with van der Waals surface area (Å²) in [4.78, 5) is 2.59. The van der Waals surface area contributed by atoms with Gasteiger partial charge in [-0.05, 0) is 40.2 Å². The zero-order valence-corrected chi connectivity index (χ0v) is 9.51. The Bertz CT molecular complexity index is 145. The Balaban J connectivity index is 2.36. The Kier molecular flexibility index (Phi) is 4.20. The van der Waals surface area contributed by atoms with Crippen molar-refractivity contribution in [1.29, 1.82) is 0 Å². The van der Waals surface area contributed by atoms with Gasteiger partial charge in [0.2, 0.25) is 0 Å². The van der Waals surface area contributed by atoms with Crippen LogP contribution in [0.15, 0.2) is 0 Å². The molecule has 2 unspecified atom stereocenters. The lowest BCUT2D eigenvalue weighted by Crippen LogP contribution is -2.43. The molecule has 13 heavy (non-hydrogen) atoms. The molecule has 2 nitrogen and oxygen atoms in total. The van der Waals surface area contributed by atoms with E-state index in [0.29, 0.717) is 12.1 Å². The van der Waals surface area contributed by atoms with Gasteiger partial charge in [-0.2, -0.15) is 0 Å². The van der Waals surface area contributed by atoms with Crippen LogP contribution in [-0.2, 0) is 0 Å². The Labute approximate surface area is 82.7 Å². The summed E-state index contributed by atoms with van der Waals surface area (Å²) >= 11 is 0. The van der Waals surface area contributed by atoms with Crippen LogP contribution in [0.4, 0.5) is 0 Å². The summed E-state index contributed by atoms with van der Waals surface area (Å²) in [6, 6.07) is 2.14. The van der Waals surface area contributed by atoms with E-state index in [2.05, 4.69) is 37.9 Å². The molecule has 0 bridgehead atoms. The van der Waals surface area contributed by atoms with Crippen molar-refractivity contribution in [3.63, 3.8) is 0 Å². The lowest BCUT2D eigenvalue weighted by Gasteiger charge is -2.28. The van der Waals surface area contributed by atoms with Crippen molar-refractivity contribution in [3.8, 4) is 0 Å². The molecular formula is C11H24N2. The Morgan fingerprint density at radius 2 is 2.15 bits per heavy atom. The number of hydrogen-bond acceptors (Lipinski definition) is 2. The first-order valence-corrected chi connectivity index (χ1v) is 5.66. The van der Waals surface area contributed by atoms with Crippen molar-refractivity contribution in [2.45, 2.75) is 58.7 Å². The quantitative estimate of drug-likeness (QED) is 0.717. The summed E-state index contributed by atoms with van der Waals surface area (Å²) < 4.78 is 0. The molecule has 0 aromatic heterocycles. The van der Waals surface area contributed by atoms with Gasteiger partial charge < -0.3 is 5.32 Å². The van der Waals surface area contributed by atoms with E-state index < -0.39 is 0 Å². The van der Waals surface area contributed by atoms with Gasteiger partial charge in [-0.15, -0.1) is 0 Å². The molecule has 0 saturated carbocycles. The van der Waals surface area contributed by atoms with Crippen LogP contribution in [0.5, 0.6) is 0 Å². The molecule has 0 aliphatic carbocycles. The van der Waals surface area contributed by atoms with Gasteiger partial charge in [0.25, 0.3) is 0 Å². The zero-order valence-electron chi connectivity index (χ0n) is 9.51. The Morgan fingerprint density at radius 1 is 1.46 bits per heavy atom. The molecule has 0 spiro atoms.